The van der Waals surface area contributed by atoms with Crippen LogP contribution in [0.2, 0.25) is 0 Å². The van der Waals surface area contributed by atoms with E-state index in [-0.39, 0.29) is 35.4 Å². The molecule has 0 heterocycles. The van der Waals surface area contributed by atoms with Crippen molar-refractivity contribution in [3.63, 3.8) is 0 Å². The first-order chi connectivity index (χ1) is 15.0. The average Bonchev–Trinajstić information content (AvgIpc) is 3.00. The number of carbonyl (C=O) groups excluding carboxylic acids is 3. The number of fused-ring (bicyclic) bond motifs is 5. The van der Waals surface area contributed by atoms with Crippen molar-refractivity contribution >= 4 is 33.5 Å². The molecule has 0 aromatic rings. The van der Waals surface area contributed by atoms with Crippen molar-refractivity contribution in [3.05, 3.63) is 11.6 Å². The Morgan fingerprint density at radius 2 is 1.97 bits per heavy atom. The van der Waals surface area contributed by atoms with Crippen molar-refractivity contribution in [2.24, 2.45) is 28.6 Å². The Morgan fingerprint density at radius 1 is 1.25 bits per heavy atom. The number of esters is 1. The molecule has 0 aliphatic heterocycles. The molecule has 6 nitrogen and oxygen atoms in total. The van der Waals surface area contributed by atoms with Gasteiger partial charge in [-0.05, 0) is 90.1 Å². The fraction of sp³-hybridized carbons (Fsp3) is 0.800. The lowest BCUT2D eigenvalue weighted by molar-refractivity contribution is -0.202. The van der Waals surface area contributed by atoms with Crippen molar-refractivity contribution in [2.45, 2.75) is 95.3 Å². The lowest BCUT2D eigenvalue weighted by Crippen LogP contribution is -2.63. The van der Waals surface area contributed by atoms with Crippen molar-refractivity contribution < 1.29 is 29.3 Å². The molecule has 0 spiro atoms. The summed E-state index contributed by atoms with van der Waals surface area (Å²) in [6.07, 6.45) is 6.27. The largest absolute Gasteiger partial charge is 0.450 e. The Kier molecular flexibility index (Phi) is 6.26. The highest BCUT2D eigenvalue weighted by Crippen LogP contribution is 2.68. The third-order valence-corrected chi connectivity index (χ3v) is 9.79. The molecule has 0 radical (unpaired) electrons. The number of alkyl halides is 1. The maximum atomic E-state index is 13.4. The van der Waals surface area contributed by atoms with Crippen molar-refractivity contribution in [3.8, 4) is 0 Å². The van der Waals surface area contributed by atoms with E-state index in [1.165, 1.54) is 0 Å². The number of ether oxygens (including phenoxy) is 1. The van der Waals surface area contributed by atoms with Gasteiger partial charge in [-0.25, -0.2) is 0 Å². The standard InChI is InChI=1S/C25H35BrO6/c1-4-5-19(29)32-25(21(30)22(26)31)11-9-17-16-7-6-14-12-15(27)8-10-23(14,2)20(16)18(28)13-24(17,25)3/h12,16-18,20,22,28,31H,4-11,13H2,1-3H3/t16-,17-,18-,20+,22?,23-,24-,25-/m0/s1. The summed E-state index contributed by atoms with van der Waals surface area (Å²) in [5.41, 5.74) is -1.27. The molecule has 0 aromatic heterocycles. The first kappa shape index (κ1) is 24.1. The second-order valence-electron chi connectivity index (χ2n) is 10.9. The third kappa shape index (κ3) is 3.37. The zero-order valence-electron chi connectivity index (χ0n) is 19.2. The molecule has 8 atom stereocenters. The zero-order chi connectivity index (χ0) is 23.5. The first-order valence-corrected chi connectivity index (χ1v) is 12.9. The summed E-state index contributed by atoms with van der Waals surface area (Å²) in [5.74, 6) is -0.504. The molecule has 3 fully saturated rings. The molecule has 2 N–H and O–H groups in total. The van der Waals surface area contributed by atoms with E-state index in [9.17, 15) is 24.6 Å². The second-order valence-corrected chi connectivity index (χ2v) is 11.7. The predicted molar refractivity (Wildman–Crippen MR) is 122 cm³/mol. The zero-order valence-corrected chi connectivity index (χ0v) is 20.8. The second kappa shape index (κ2) is 8.31. The average molecular weight is 511 g/mol. The van der Waals surface area contributed by atoms with E-state index < -0.39 is 33.9 Å². The molecule has 7 heteroatoms. The molecule has 3 saturated carbocycles. The van der Waals surface area contributed by atoms with Gasteiger partial charge < -0.3 is 14.9 Å². The Balaban J connectivity index is 1.74. The van der Waals surface area contributed by atoms with Gasteiger partial charge in [0.25, 0.3) is 0 Å². The summed E-state index contributed by atoms with van der Waals surface area (Å²) in [7, 11) is 0. The molecule has 4 aliphatic carbocycles. The third-order valence-electron chi connectivity index (χ3n) is 9.37. The number of hydrogen-bond donors (Lipinski definition) is 2. The minimum atomic E-state index is -1.45. The lowest BCUT2D eigenvalue weighted by atomic mass is 9.45. The number of ketones is 2. The van der Waals surface area contributed by atoms with Gasteiger partial charge in [-0.1, -0.05) is 26.3 Å². The Bertz CT molecular complexity index is 851. The number of allylic oxidation sites excluding steroid dienone is 1. The lowest BCUT2D eigenvalue weighted by Gasteiger charge is -2.60. The fourth-order valence-corrected chi connectivity index (χ4v) is 8.31. The van der Waals surface area contributed by atoms with Gasteiger partial charge in [-0.3, -0.25) is 14.4 Å². The predicted octanol–water partition coefficient (Wildman–Crippen LogP) is 3.85. The molecule has 32 heavy (non-hydrogen) atoms. The minimum absolute atomic E-state index is 0.0137. The fourth-order valence-electron chi connectivity index (χ4n) is 7.94. The molecule has 0 amide bonds. The van der Waals surface area contributed by atoms with E-state index in [0.29, 0.717) is 32.1 Å². The van der Waals surface area contributed by atoms with Crippen molar-refractivity contribution in [2.75, 3.05) is 0 Å². The molecular formula is C25H35BrO6. The van der Waals surface area contributed by atoms with Crippen LogP contribution < -0.4 is 0 Å². The molecular weight excluding hydrogens is 476 g/mol. The van der Waals surface area contributed by atoms with Crippen LogP contribution in [0.4, 0.5) is 0 Å². The SMILES string of the molecule is CCCC(=O)O[C@]1(C(=O)C(O)Br)CC[C@H]2[C@@H]3CCC4=CC(=O)CC[C@]4(C)[C@H]3[C@@H](O)C[C@@]21C. The highest BCUT2D eigenvalue weighted by atomic mass is 79.9. The van der Waals surface area contributed by atoms with E-state index in [1.807, 2.05) is 13.8 Å². The summed E-state index contributed by atoms with van der Waals surface area (Å²) in [6, 6.07) is 0. The maximum absolute atomic E-state index is 13.4. The van der Waals surface area contributed by atoms with Gasteiger partial charge in [-0.2, -0.15) is 0 Å². The minimum Gasteiger partial charge on any atom is -0.450 e. The van der Waals surface area contributed by atoms with Crippen LogP contribution in [0, 0.1) is 28.6 Å². The molecule has 1 unspecified atom stereocenters. The molecule has 4 aliphatic rings. The van der Waals surface area contributed by atoms with Gasteiger partial charge in [0.05, 0.1) is 6.10 Å². The Morgan fingerprint density at radius 3 is 2.62 bits per heavy atom. The molecule has 178 valence electrons. The number of carbonyl (C=O) groups is 3. The highest BCUT2D eigenvalue weighted by molar-refractivity contribution is 9.09. The van der Waals surface area contributed by atoms with Gasteiger partial charge in [0, 0.05) is 18.3 Å². The number of rotatable bonds is 5. The van der Waals surface area contributed by atoms with Crippen LogP contribution in [0.1, 0.15) is 78.6 Å². The number of aliphatic hydroxyl groups is 2. The van der Waals surface area contributed by atoms with Gasteiger partial charge >= 0.3 is 5.97 Å². The Labute approximate surface area is 198 Å². The molecule has 0 saturated heterocycles. The van der Waals surface area contributed by atoms with Crippen LogP contribution >= 0.6 is 15.9 Å². The molecule has 4 rings (SSSR count). The van der Waals surface area contributed by atoms with E-state index in [0.717, 1.165) is 24.8 Å². The number of Topliss-reactive ketones (excluding diaryl/α,β-unsaturated/α-hetero) is 1. The monoisotopic (exact) mass is 510 g/mol. The molecule has 0 bridgehead atoms. The van der Waals surface area contributed by atoms with Crippen molar-refractivity contribution in [1.82, 2.24) is 0 Å². The topological polar surface area (TPSA) is 101 Å². The normalized spacial score (nSPS) is 44.1. The Hall–Kier alpha value is -1.05. The van der Waals surface area contributed by atoms with Crippen LogP contribution in [-0.2, 0) is 19.1 Å². The maximum Gasteiger partial charge on any atom is 0.306 e. The molecule has 0 aromatic carbocycles. The number of halogens is 1. The quantitative estimate of drug-likeness (QED) is 0.430. The van der Waals surface area contributed by atoms with Crippen LogP contribution in [0.5, 0.6) is 0 Å². The first-order valence-electron chi connectivity index (χ1n) is 12.0. The van der Waals surface area contributed by atoms with E-state index >= 15 is 0 Å². The summed E-state index contributed by atoms with van der Waals surface area (Å²) in [6.45, 7) is 6.03. The van der Waals surface area contributed by atoms with E-state index in [4.69, 9.17) is 4.74 Å². The number of aliphatic hydroxyl groups excluding tert-OH is 2. The van der Waals surface area contributed by atoms with Gasteiger partial charge in [-0.15, -0.1) is 0 Å². The van der Waals surface area contributed by atoms with Crippen LogP contribution in [-0.4, -0.2) is 44.5 Å². The summed E-state index contributed by atoms with van der Waals surface area (Å²) >= 11 is 3.01. The van der Waals surface area contributed by atoms with Gasteiger partial charge in [0.2, 0.25) is 5.78 Å². The smallest absolute Gasteiger partial charge is 0.306 e. The number of hydrogen-bond acceptors (Lipinski definition) is 6. The summed E-state index contributed by atoms with van der Waals surface area (Å²) in [5, 5.41) is 20.3. The van der Waals surface area contributed by atoms with Gasteiger partial charge in [0.15, 0.2) is 16.4 Å². The van der Waals surface area contributed by atoms with Crippen molar-refractivity contribution in [1.29, 1.82) is 0 Å². The van der Waals surface area contributed by atoms with Crippen LogP contribution in [0.15, 0.2) is 11.6 Å². The highest BCUT2D eigenvalue weighted by Gasteiger charge is 2.71. The van der Waals surface area contributed by atoms with E-state index in [1.54, 1.807) is 6.08 Å². The summed E-state index contributed by atoms with van der Waals surface area (Å²) in [4.78, 5) is 38.0. The van der Waals surface area contributed by atoms with Crippen LogP contribution in [0.3, 0.4) is 0 Å². The van der Waals surface area contributed by atoms with Crippen LogP contribution in [0.25, 0.3) is 0 Å². The van der Waals surface area contributed by atoms with E-state index in [2.05, 4.69) is 22.9 Å². The van der Waals surface area contributed by atoms with Gasteiger partial charge in [0.1, 0.15) is 0 Å². The summed E-state index contributed by atoms with van der Waals surface area (Å²) < 4.78 is 5.96.